The fraction of sp³-hybridized carbons (Fsp3) is 0.208. The van der Waals surface area contributed by atoms with Crippen LogP contribution in [0.5, 0.6) is 5.88 Å². The summed E-state index contributed by atoms with van der Waals surface area (Å²) in [5, 5.41) is 27.3. The van der Waals surface area contributed by atoms with E-state index in [1.54, 1.807) is 18.2 Å². The van der Waals surface area contributed by atoms with Crippen LogP contribution in [-0.2, 0) is 13.0 Å². The number of aldehydes is 1. The fourth-order valence-electron chi connectivity index (χ4n) is 3.77. The molecule has 0 bridgehead atoms. The standard InChI is InChI=1S/C24H22N4O4/c1-2-3-8-20-25-21-19(14-29)26-27-23(30)22(21)28(20)13-15-9-11-16(12-10-15)17-6-4-5-7-18(17)24(31)32/h4-7,9-12,14H,2-3,8,13H2,1H3,(H,27,30)(H,31,32). The van der Waals surface area contributed by atoms with Gasteiger partial charge in [-0.3, -0.25) is 4.79 Å². The molecule has 32 heavy (non-hydrogen) atoms. The van der Waals surface area contributed by atoms with E-state index in [1.807, 2.05) is 34.9 Å². The maximum Gasteiger partial charge on any atom is 0.336 e. The maximum atomic E-state index is 11.5. The molecule has 0 aliphatic carbocycles. The quantitative estimate of drug-likeness (QED) is 0.404. The van der Waals surface area contributed by atoms with Crippen molar-refractivity contribution in [1.82, 2.24) is 19.7 Å². The Labute approximate surface area is 184 Å². The SMILES string of the molecule is CCCCc1nc2c(C=O)nnc(O)c2n1Cc1ccc(-c2ccccc2C(=O)O)cc1. The molecule has 0 radical (unpaired) electrons. The average molecular weight is 430 g/mol. The first-order valence-corrected chi connectivity index (χ1v) is 10.3. The molecule has 0 aliphatic heterocycles. The van der Waals surface area contributed by atoms with Crippen LogP contribution in [-0.4, -0.2) is 42.2 Å². The number of carbonyl (C=O) groups is 2. The van der Waals surface area contributed by atoms with Crippen LogP contribution < -0.4 is 0 Å². The molecular weight excluding hydrogens is 408 g/mol. The third-order valence-electron chi connectivity index (χ3n) is 5.38. The predicted molar refractivity (Wildman–Crippen MR) is 119 cm³/mol. The number of fused-ring (bicyclic) bond motifs is 1. The lowest BCUT2D eigenvalue weighted by molar-refractivity contribution is 0.0697. The summed E-state index contributed by atoms with van der Waals surface area (Å²) in [6, 6.07) is 14.4. The number of nitrogens with zero attached hydrogens (tertiary/aromatic N) is 4. The molecule has 0 saturated carbocycles. The van der Waals surface area contributed by atoms with Gasteiger partial charge in [-0.1, -0.05) is 55.8 Å². The van der Waals surface area contributed by atoms with E-state index < -0.39 is 5.97 Å². The van der Waals surface area contributed by atoms with Gasteiger partial charge in [0, 0.05) is 13.0 Å². The van der Waals surface area contributed by atoms with Crippen LogP contribution in [0.15, 0.2) is 48.5 Å². The van der Waals surface area contributed by atoms with Gasteiger partial charge in [0.2, 0.25) is 0 Å². The van der Waals surface area contributed by atoms with Gasteiger partial charge in [-0.15, -0.1) is 10.2 Å². The fourth-order valence-corrected chi connectivity index (χ4v) is 3.77. The molecule has 8 nitrogen and oxygen atoms in total. The number of hydrogen-bond donors (Lipinski definition) is 2. The van der Waals surface area contributed by atoms with E-state index in [4.69, 9.17) is 0 Å². The van der Waals surface area contributed by atoms with Crippen LogP contribution in [0.4, 0.5) is 0 Å². The minimum absolute atomic E-state index is 0.0925. The van der Waals surface area contributed by atoms with Crippen LogP contribution in [0, 0.1) is 0 Å². The number of carbonyl (C=O) groups excluding carboxylic acids is 1. The van der Waals surface area contributed by atoms with Crippen LogP contribution in [0.3, 0.4) is 0 Å². The molecule has 0 fully saturated rings. The summed E-state index contributed by atoms with van der Waals surface area (Å²) in [5.74, 6) is -0.499. The molecule has 0 spiro atoms. The summed E-state index contributed by atoms with van der Waals surface area (Å²) in [7, 11) is 0. The second kappa shape index (κ2) is 8.97. The predicted octanol–water partition coefficient (Wildman–Crippen LogP) is 4.10. The van der Waals surface area contributed by atoms with E-state index in [-0.39, 0.29) is 17.1 Å². The highest BCUT2D eigenvalue weighted by Crippen LogP contribution is 2.28. The van der Waals surface area contributed by atoms with Crippen LogP contribution >= 0.6 is 0 Å². The third-order valence-corrected chi connectivity index (χ3v) is 5.38. The van der Waals surface area contributed by atoms with Crippen molar-refractivity contribution >= 4 is 23.3 Å². The summed E-state index contributed by atoms with van der Waals surface area (Å²) < 4.78 is 1.86. The smallest absolute Gasteiger partial charge is 0.336 e. The Bertz CT molecular complexity index is 1300. The van der Waals surface area contributed by atoms with E-state index in [2.05, 4.69) is 22.1 Å². The average Bonchev–Trinajstić information content (AvgIpc) is 3.17. The molecule has 0 unspecified atom stereocenters. The van der Waals surface area contributed by atoms with E-state index in [0.29, 0.717) is 35.8 Å². The Morgan fingerprint density at radius 2 is 1.84 bits per heavy atom. The summed E-state index contributed by atoms with van der Waals surface area (Å²) in [5.41, 5.74) is 3.43. The van der Waals surface area contributed by atoms with Crippen LogP contribution in [0.1, 0.15) is 52.0 Å². The summed E-state index contributed by atoms with van der Waals surface area (Å²) >= 11 is 0. The van der Waals surface area contributed by atoms with Gasteiger partial charge in [-0.2, -0.15) is 0 Å². The van der Waals surface area contributed by atoms with Gasteiger partial charge < -0.3 is 14.8 Å². The van der Waals surface area contributed by atoms with Crippen molar-refractivity contribution < 1.29 is 19.8 Å². The van der Waals surface area contributed by atoms with Gasteiger partial charge in [0.1, 0.15) is 16.9 Å². The normalized spacial score (nSPS) is 11.0. The zero-order valence-corrected chi connectivity index (χ0v) is 17.5. The van der Waals surface area contributed by atoms with E-state index in [0.717, 1.165) is 29.8 Å². The Kier molecular flexibility index (Phi) is 5.93. The lowest BCUT2D eigenvalue weighted by Crippen LogP contribution is -2.06. The number of aromatic hydroxyl groups is 1. The number of aryl methyl sites for hydroxylation is 1. The first-order chi connectivity index (χ1) is 15.5. The van der Waals surface area contributed by atoms with Crippen molar-refractivity contribution in [2.45, 2.75) is 32.7 Å². The number of aromatic nitrogens is 4. The van der Waals surface area contributed by atoms with Crippen LogP contribution in [0.2, 0.25) is 0 Å². The minimum Gasteiger partial charge on any atom is -0.491 e. The Morgan fingerprint density at radius 3 is 2.53 bits per heavy atom. The van der Waals surface area contributed by atoms with Gasteiger partial charge in [0.25, 0.3) is 5.88 Å². The lowest BCUT2D eigenvalue weighted by Gasteiger charge is -2.11. The monoisotopic (exact) mass is 430 g/mol. The molecule has 162 valence electrons. The molecule has 4 aromatic rings. The largest absolute Gasteiger partial charge is 0.491 e. The molecule has 0 amide bonds. The van der Waals surface area contributed by atoms with E-state index in [1.165, 1.54) is 0 Å². The van der Waals surface area contributed by atoms with Gasteiger partial charge in [0.05, 0.1) is 5.56 Å². The third kappa shape index (κ3) is 3.94. The minimum atomic E-state index is -0.974. The summed E-state index contributed by atoms with van der Waals surface area (Å²) in [6.07, 6.45) is 3.16. The number of hydrogen-bond acceptors (Lipinski definition) is 6. The van der Waals surface area contributed by atoms with Gasteiger partial charge >= 0.3 is 5.97 Å². The van der Waals surface area contributed by atoms with Crippen molar-refractivity contribution in [3.05, 3.63) is 71.2 Å². The second-order valence-electron chi connectivity index (χ2n) is 7.49. The highest BCUT2D eigenvalue weighted by molar-refractivity contribution is 5.96. The van der Waals surface area contributed by atoms with Crippen molar-refractivity contribution in [2.24, 2.45) is 0 Å². The van der Waals surface area contributed by atoms with Gasteiger partial charge in [0.15, 0.2) is 12.0 Å². The summed E-state index contributed by atoms with van der Waals surface area (Å²) in [6.45, 7) is 2.49. The Morgan fingerprint density at radius 1 is 1.09 bits per heavy atom. The van der Waals surface area contributed by atoms with Crippen LogP contribution in [0.25, 0.3) is 22.2 Å². The molecule has 2 heterocycles. The molecule has 8 heteroatoms. The van der Waals surface area contributed by atoms with Crippen molar-refractivity contribution in [3.8, 4) is 17.0 Å². The number of unbranched alkanes of at least 4 members (excludes halogenated alkanes) is 1. The molecule has 0 aliphatic rings. The molecule has 2 aromatic heterocycles. The molecule has 2 aromatic carbocycles. The van der Waals surface area contributed by atoms with E-state index in [9.17, 15) is 19.8 Å². The number of imidazole rings is 1. The zero-order chi connectivity index (χ0) is 22.7. The first kappa shape index (κ1) is 21.2. The molecule has 2 N–H and O–H groups in total. The molecule has 4 rings (SSSR count). The first-order valence-electron chi connectivity index (χ1n) is 10.3. The number of carboxylic acids is 1. The second-order valence-corrected chi connectivity index (χ2v) is 7.49. The zero-order valence-electron chi connectivity index (χ0n) is 17.5. The number of carboxylic acid groups (broad SMARTS) is 1. The highest BCUT2D eigenvalue weighted by atomic mass is 16.4. The highest BCUT2D eigenvalue weighted by Gasteiger charge is 2.19. The lowest BCUT2D eigenvalue weighted by atomic mass is 9.99. The van der Waals surface area contributed by atoms with E-state index >= 15 is 0 Å². The molecule has 0 atom stereocenters. The number of aromatic carboxylic acids is 1. The topological polar surface area (TPSA) is 118 Å². The van der Waals surface area contributed by atoms with Crippen molar-refractivity contribution in [1.29, 1.82) is 0 Å². The Balaban J connectivity index is 1.74. The molecule has 0 saturated heterocycles. The Hall–Kier alpha value is -4.07. The number of rotatable bonds is 8. The van der Waals surface area contributed by atoms with Gasteiger partial charge in [-0.05, 0) is 29.2 Å². The maximum absolute atomic E-state index is 11.5. The molecular formula is C24H22N4O4. The van der Waals surface area contributed by atoms with Gasteiger partial charge in [-0.25, -0.2) is 9.78 Å². The van der Waals surface area contributed by atoms with Crippen molar-refractivity contribution in [2.75, 3.05) is 0 Å². The number of benzene rings is 2. The van der Waals surface area contributed by atoms with Crippen molar-refractivity contribution in [3.63, 3.8) is 0 Å². The summed E-state index contributed by atoms with van der Waals surface area (Å²) in [4.78, 5) is 27.5.